The van der Waals surface area contributed by atoms with Crippen molar-refractivity contribution < 1.29 is 32.5 Å². The summed E-state index contributed by atoms with van der Waals surface area (Å²) >= 11 is 0. The number of methoxy groups -OCH3 is 1. The van der Waals surface area contributed by atoms with E-state index in [-0.39, 0.29) is 16.7 Å². The van der Waals surface area contributed by atoms with E-state index < -0.39 is 27.3 Å². The van der Waals surface area contributed by atoms with E-state index in [0.29, 0.717) is 63.7 Å². The van der Waals surface area contributed by atoms with Crippen LogP contribution in [0.2, 0.25) is 0 Å². The second-order valence-corrected chi connectivity index (χ2v) is 14.0. The van der Waals surface area contributed by atoms with Gasteiger partial charge in [0.2, 0.25) is 0 Å². The molecule has 0 bridgehead atoms. The van der Waals surface area contributed by atoms with Crippen LogP contribution in [0.15, 0.2) is 47.4 Å². The van der Waals surface area contributed by atoms with E-state index in [1.807, 2.05) is 49.3 Å². The topological polar surface area (TPSA) is 126 Å². The Balaban J connectivity index is 1.89. The summed E-state index contributed by atoms with van der Waals surface area (Å²) in [4.78, 5) is 14.9. The standard InChI is InChI=1S/C34H53N3O7S/c1-6-8-15-34(16-9-7-2)25-45(40,41)30-14-13-28(37(3)4)24-29(30)31(32(34)38)26-11-10-12-27(23-26)36-33(39)35-17-18-43-21-22-44-20-19-42-5/h10-14,23-24,31-32,38H,6-9,15-22,25H2,1-5H3,(H2,35,36,39)/t31-,32?/m1/s1. The highest BCUT2D eigenvalue weighted by molar-refractivity contribution is 7.91. The fraction of sp³-hybridized carbons (Fsp3) is 0.618. The Morgan fingerprint density at radius 2 is 1.64 bits per heavy atom. The maximum Gasteiger partial charge on any atom is 0.319 e. The van der Waals surface area contributed by atoms with Crippen molar-refractivity contribution >= 4 is 27.2 Å². The summed E-state index contributed by atoms with van der Waals surface area (Å²) in [6.07, 6.45) is 3.77. The Morgan fingerprint density at radius 1 is 0.978 bits per heavy atom. The Kier molecular flexibility index (Phi) is 14.6. The number of carbonyl (C=O) groups excluding carboxylic acids is 1. The van der Waals surface area contributed by atoms with Gasteiger partial charge in [-0.25, -0.2) is 13.2 Å². The quantitative estimate of drug-likeness (QED) is 0.189. The third kappa shape index (κ3) is 10.1. The number of anilines is 2. The first-order chi connectivity index (χ1) is 21.6. The largest absolute Gasteiger partial charge is 0.392 e. The van der Waals surface area contributed by atoms with Gasteiger partial charge in [0.05, 0.1) is 49.8 Å². The molecule has 0 spiro atoms. The lowest BCUT2D eigenvalue weighted by Gasteiger charge is -2.40. The number of nitrogens with zero attached hydrogens (tertiary/aromatic N) is 1. The summed E-state index contributed by atoms with van der Waals surface area (Å²) in [6, 6.07) is 12.4. The van der Waals surface area contributed by atoms with E-state index in [2.05, 4.69) is 24.5 Å². The first kappa shape index (κ1) is 36.8. The summed E-state index contributed by atoms with van der Waals surface area (Å²) in [6.45, 7) is 6.75. The number of amides is 2. The number of aliphatic hydroxyl groups is 1. The molecule has 3 rings (SSSR count). The molecule has 2 aromatic carbocycles. The van der Waals surface area contributed by atoms with Gasteiger partial charge >= 0.3 is 6.03 Å². The molecule has 0 aromatic heterocycles. The molecule has 1 aliphatic rings. The summed E-state index contributed by atoms with van der Waals surface area (Å²) < 4.78 is 43.9. The molecule has 3 N–H and O–H groups in total. The van der Waals surface area contributed by atoms with Crippen LogP contribution in [0.1, 0.15) is 69.4 Å². The van der Waals surface area contributed by atoms with E-state index >= 15 is 0 Å². The van der Waals surface area contributed by atoms with Crippen LogP contribution in [-0.2, 0) is 24.0 Å². The number of urea groups is 1. The minimum Gasteiger partial charge on any atom is -0.392 e. The number of hydrogen-bond donors (Lipinski definition) is 3. The van der Waals surface area contributed by atoms with E-state index in [1.54, 1.807) is 19.2 Å². The van der Waals surface area contributed by atoms with E-state index in [4.69, 9.17) is 14.2 Å². The highest BCUT2D eigenvalue weighted by Gasteiger charge is 2.49. The van der Waals surface area contributed by atoms with Crippen molar-refractivity contribution in [3.05, 3.63) is 53.6 Å². The van der Waals surface area contributed by atoms with E-state index in [9.17, 15) is 18.3 Å². The van der Waals surface area contributed by atoms with Crippen molar-refractivity contribution in [1.29, 1.82) is 0 Å². The molecule has 0 radical (unpaired) electrons. The van der Waals surface area contributed by atoms with Crippen molar-refractivity contribution in [2.45, 2.75) is 69.3 Å². The first-order valence-electron chi connectivity index (χ1n) is 16.1. The number of aliphatic hydroxyl groups excluding tert-OH is 1. The number of rotatable bonds is 18. The van der Waals surface area contributed by atoms with Gasteiger partial charge < -0.3 is 34.9 Å². The third-order valence-corrected chi connectivity index (χ3v) is 10.5. The monoisotopic (exact) mass is 647 g/mol. The maximum absolute atomic E-state index is 14.1. The zero-order chi connectivity index (χ0) is 32.9. The van der Waals surface area contributed by atoms with Gasteiger partial charge in [0.25, 0.3) is 0 Å². The minimum atomic E-state index is -3.70. The van der Waals surface area contributed by atoms with Gasteiger partial charge in [-0.05, 0) is 54.3 Å². The molecule has 1 aliphatic heterocycles. The first-order valence-corrected chi connectivity index (χ1v) is 17.7. The zero-order valence-corrected chi connectivity index (χ0v) is 28.5. The normalized spacial score (nSPS) is 18.5. The summed E-state index contributed by atoms with van der Waals surface area (Å²) in [5.74, 6) is -0.691. The van der Waals surface area contributed by atoms with Crippen molar-refractivity contribution in [3.63, 3.8) is 0 Å². The lowest BCUT2D eigenvalue weighted by atomic mass is 9.68. The smallest absolute Gasteiger partial charge is 0.319 e. The van der Waals surface area contributed by atoms with Crippen molar-refractivity contribution in [2.75, 3.05) is 76.8 Å². The minimum absolute atomic E-state index is 0.0896. The number of benzene rings is 2. The molecule has 2 aromatic rings. The molecule has 0 aliphatic carbocycles. The number of unbranched alkanes of at least 4 members (excludes halogenated alkanes) is 2. The second kappa shape index (κ2) is 17.9. The molecule has 0 fully saturated rings. The Morgan fingerprint density at radius 3 is 2.29 bits per heavy atom. The Labute approximate surface area is 269 Å². The molecule has 1 unspecified atom stereocenters. The maximum atomic E-state index is 14.1. The molecule has 2 amide bonds. The van der Waals surface area contributed by atoms with Crippen LogP contribution < -0.4 is 15.5 Å². The van der Waals surface area contributed by atoms with Crippen LogP contribution in [0, 0.1) is 5.41 Å². The van der Waals surface area contributed by atoms with Gasteiger partial charge in [-0.1, -0.05) is 51.7 Å². The fourth-order valence-electron chi connectivity index (χ4n) is 6.08. The van der Waals surface area contributed by atoms with Crippen LogP contribution in [0.5, 0.6) is 0 Å². The fourth-order valence-corrected chi connectivity index (χ4v) is 8.27. The van der Waals surface area contributed by atoms with Crippen LogP contribution in [0.3, 0.4) is 0 Å². The molecule has 45 heavy (non-hydrogen) atoms. The lowest BCUT2D eigenvalue weighted by molar-refractivity contribution is 0.0127. The molecule has 0 saturated carbocycles. The number of nitrogens with one attached hydrogen (secondary N) is 2. The van der Waals surface area contributed by atoms with Crippen LogP contribution in [0.25, 0.3) is 0 Å². The molecule has 2 atom stereocenters. The zero-order valence-electron chi connectivity index (χ0n) is 27.6. The lowest BCUT2D eigenvalue weighted by Crippen LogP contribution is -2.43. The Bertz CT molecular complexity index is 1310. The third-order valence-electron chi connectivity index (χ3n) is 8.50. The predicted octanol–water partition coefficient (Wildman–Crippen LogP) is 5.20. The van der Waals surface area contributed by atoms with Crippen LogP contribution in [0.4, 0.5) is 16.2 Å². The van der Waals surface area contributed by atoms with E-state index in [0.717, 1.165) is 36.9 Å². The van der Waals surface area contributed by atoms with Gasteiger partial charge in [0, 0.05) is 50.5 Å². The summed E-state index contributed by atoms with van der Waals surface area (Å²) in [5, 5.41) is 18.1. The molecule has 11 heteroatoms. The summed E-state index contributed by atoms with van der Waals surface area (Å²) in [5.41, 5.74) is 1.95. The highest BCUT2D eigenvalue weighted by atomic mass is 32.2. The Hall–Kier alpha value is -2.70. The van der Waals surface area contributed by atoms with Gasteiger partial charge in [-0.3, -0.25) is 0 Å². The SMILES string of the molecule is CCCCC1(CCCC)CS(=O)(=O)c2ccc(N(C)C)cc2[C@@H](c2cccc(NC(=O)NCCOCCOCCOC)c2)C1O. The molecule has 10 nitrogen and oxygen atoms in total. The molecule has 0 saturated heterocycles. The van der Waals surface area contributed by atoms with Crippen molar-refractivity contribution in [3.8, 4) is 0 Å². The van der Waals surface area contributed by atoms with Crippen molar-refractivity contribution in [1.82, 2.24) is 5.32 Å². The van der Waals surface area contributed by atoms with Crippen LogP contribution >= 0.6 is 0 Å². The predicted molar refractivity (Wildman–Crippen MR) is 179 cm³/mol. The van der Waals surface area contributed by atoms with Gasteiger partial charge in [0.15, 0.2) is 9.84 Å². The highest BCUT2D eigenvalue weighted by Crippen LogP contribution is 2.50. The number of sulfone groups is 1. The second-order valence-electron chi connectivity index (χ2n) is 12.1. The van der Waals surface area contributed by atoms with Crippen LogP contribution in [-0.4, -0.2) is 92.2 Å². The molecule has 252 valence electrons. The van der Waals surface area contributed by atoms with Crippen molar-refractivity contribution in [2.24, 2.45) is 5.41 Å². The average Bonchev–Trinajstić information content (AvgIpc) is 3.08. The van der Waals surface area contributed by atoms with Gasteiger partial charge in [-0.15, -0.1) is 0 Å². The number of hydrogen-bond acceptors (Lipinski definition) is 8. The number of carbonyl (C=O) groups is 1. The van der Waals surface area contributed by atoms with Gasteiger partial charge in [-0.2, -0.15) is 0 Å². The molecular formula is C34H53N3O7S. The van der Waals surface area contributed by atoms with E-state index in [1.165, 1.54) is 0 Å². The molecular weight excluding hydrogens is 594 g/mol. The van der Waals surface area contributed by atoms with Gasteiger partial charge in [0.1, 0.15) is 0 Å². The number of ether oxygens (including phenoxy) is 3. The average molecular weight is 648 g/mol. The summed E-state index contributed by atoms with van der Waals surface area (Å²) in [7, 11) is 1.75. The molecule has 1 heterocycles. The number of fused-ring (bicyclic) bond motifs is 1.